The average Bonchev–Trinajstić information content (AvgIpc) is 2.48. The van der Waals surface area contributed by atoms with Crippen molar-refractivity contribution in [2.75, 3.05) is 19.7 Å². The molecule has 1 aromatic rings. The van der Waals surface area contributed by atoms with E-state index in [4.69, 9.17) is 4.74 Å². The molecule has 2 atom stereocenters. The van der Waals surface area contributed by atoms with E-state index in [1.807, 2.05) is 0 Å². The van der Waals surface area contributed by atoms with Gasteiger partial charge in [0.2, 0.25) is 0 Å². The molecule has 1 heterocycles. The van der Waals surface area contributed by atoms with Gasteiger partial charge in [-0.15, -0.1) is 0 Å². The van der Waals surface area contributed by atoms with E-state index in [0.717, 1.165) is 24.8 Å². The molecule has 2 nitrogen and oxygen atoms in total. The van der Waals surface area contributed by atoms with Crippen LogP contribution in [0, 0.1) is 5.92 Å². The molecular formula is C17H27NO. The van der Waals surface area contributed by atoms with Gasteiger partial charge in [0.1, 0.15) is 5.75 Å². The third-order valence-electron chi connectivity index (χ3n) is 4.26. The zero-order chi connectivity index (χ0) is 13.5. The second-order valence-electron chi connectivity index (χ2n) is 5.73. The molecule has 0 spiro atoms. The van der Waals surface area contributed by atoms with Gasteiger partial charge in [-0.3, -0.25) is 0 Å². The number of benzene rings is 1. The summed E-state index contributed by atoms with van der Waals surface area (Å²) in [5, 5.41) is 3.45. The Labute approximate surface area is 117 Å². The topological polar surface area (TPSA) is 21.3 Å². The Hall–Kier alpha value is -1.02. The van der Waals surface area contributed by atoms with Crippen molar-refractivity contribution in [2.45, 2.75) is 45.4 Å². The molecule has 0 aromatic heterocycles. The fraction of sp³-hybridized carbons (Fsp3) is 0.647. The summed E-state index contributed by atoms with van der Waals surface area (Å²) in [5.74, 6) is 2.45. The quantitative estimate of drug-likeness (QED) is 0.836. The molecule has 2 heteroatoms. The van der Waals surface area contributed by atoms with E-state index in [0.29, 0.717) is 5.92 Å². The third-order valence-corrected chi connectivity index (χ3v) is 4.26. The van der Waals surface area contributed by atoms with Crippen molar-refractivity contribution in [3.8, 4) is 5.75 Å². The molecule has 106 valence electrons. The van der Waals surface area contributed by atoms with Crippen LogP contribution in [-0.4, -0.2) is 19.7 Å². The lowest BCUT2D eigenvalue weighted by Crippen LogP contribution is -2.30. The number of ether oxygens (including phenoxy) is 1. The lowest BCUT2D eigenvalue weighted by molar-refractivity contribution is 0.254. The van der Waals surface area contributed by atoms with Crippen LogP contribution >= 0.6 is 0 Å². The second kappa shape index (κ2) is 7.54. The number of nitrogens with one attached hydrogen (secondary N) is 1. The van der Waals surface area contributed by atoms with Crippen molar-refractivity contribution in [1.29, 1.82) is 0 Å². The molecule has 0 amide bonds. The Morgan fingerprint density at radius 3 is 2.74 bits per heavy atom. The van der Waals surface area contributed by atoms with E-state index in [2.05, 4.69) is 43.4 Å². The molecule has 1 aromatic carbocycles. The molecule has 19 heavy (non-hydrogen) atoms. The van der Waals surface area contributed by atoms with Crippen molar-refractivity contribution < 1.29 is 4.74 Å². The summed E-state index contributed by atoms with van der Waals surface area (Å²) in [6.07, 6.45) is 5.02. The normalized spacial score (nSPS) is 21.1. The van der Waals surface area contributed by atoms with E-state index in [1.54, 1.807) is 0 Å². The minimum absolute atomic E-state index is 0.641. The first-order chi connectivity index (χ1) is 9.29. The first kappa shape index (κ1) is 14.4. The standard InChI is InChI=1S/C17H27NO/c1-3-14(2)16-6-8-17(9-7-16)19-12-10-15-5-4-11-18-13-15/h6-9,14-15,18H,3-5,10-13H2,1-2H3. The zero-order valence-corrected chi connectivity index (χ0v) is 12.3. The number of rotatable bonds is 6. The van der Waals surface area contributed by atoms with Gasteiger partial charge < -0.3 is 10.1 Å². The van der Waals surface area contributed by atoms with Gasteiger partial charge in [-0.25, -0.2) is 0 Å². The summed E-state index contributed by atoms with van der Waals surface area (Å²) >= 11 is 0. The van der Waals surface area contributed by atoms with Gasteiger partial charge in [0.05, 0.1) is 6.61 Å². The summed E-state index contributed by atoms with van der Waals surface area (Å²) in [7, 11) is 0. The maximum atomic E-state index is 5.85. The first-order valence-corrected chi connectivity index (χ1v) is 7.73. The SMILES string of the molecule is CCC(C)c1ccc(OCCC2CCCNC2)cc1. The number of hydrogen-bond donors (Lipinski definition) is 1. The second-order valence-corrected chi connectivity index (χ2v) is 5.73. The summed E-state index contributed by atoms with van der Waals surface area (Å²) in [6, 6.07) is 8.62. The Morgan fingerprint density at radius 2 is 2.11 bits per heavy atom. The van der Waals surface area contributed by atoms with Gasteiger partial charge in [0.25, 0.3) is 0 Å². The molecule has 2 unspecified atom stereocenters. The smallest absolute Gasteiger partial charge is 0.119 e. The fourth-order valence-corrected chi connectivity index (χ4v) is 2.64. The molecule has 1 aliphatic rings. The summed E-state index contributed by atoms with van der Waals surface area (Å²) in [5.41, 5.74) is 1.41. The predicted molar refractivity (Wildman–Crippen MR) is 80.9 cm³/mol. The van der Waals surface area contributed by atoms with Crippen LogP contribution in [0.4, 0.5) is 0 Å². The highest BCUT2D eigenvalue weighted by Crippen LogP contribution is 2.22. The Balaban J connectivity index is 1.73. The fourth-order valence-electron chi connectivity index (χ4n) is 2.64. The highest BCUT2D eigenvalue weighted by atomic mass is 16.5. The third kappa shape index (κ3) is 4.54. The molecule has 0 saturated carbocycles. The molecule has 0 bridgehead atoms. The molecule has 0 radical (unpaired) electrons. The van der Waals surface area contributed by atoms with Gasteiger partial charge in [0, 0.05) is 0 Å². The average molecular weight is 261 g/mol. The number of hydrogen-bond acceptors (Lipinski definition) is 2. The van der Waals surface area contributed by atoms with Crippen LogP contribution in [0.5, 0.6) is 5.75 Å². The van der Waals surface area contributed by atoms with Gasteiger partial charge in [-0.05, 0) is 68.3 Å². The summed E-state index contributed by atoms with van der Waals surface area (Å²) in [6.45, 7) is 7.69. The van der Waals surface area contributed by atoms with Crippen LogP contribution in [0.1, 0.15) is 51.0 Å². The molecule has 2 rings (SSSR count). The van der Waals surface area contributed by atoms with Gasteiger partial charge in [-0.1, -0.05) is 26.0 Å². The zero-order valence-electron chi connectivity index (χ0n) is 12.3. The molecule has 1 saturated heterocycles. The predicted octanol–water partition coefficient (Wildman–Crippen LogP) is 3.97. The van der Waals surface area contributed by atoms with Crippen molar-refractivity contribution in [2.24, 2.45) is 5.92 Å². The maximum Gasteiger partial charge on any atom is 0.119 e. The van der Waals surface area contributed by atoms with E-state index in [1.165, 1.54) is 37.8 Å². The Bertz CT molecular complexity index is 354. The monoisotopic (exact) mass is 261 g/mol. The van der Waals surface area contributed by atoms with E-state index in [-0.39, 0.29) is 0 Å². The highest BCUT2D eigenvalue weighted by Gasteiger charge is 2.12. The van der Waals surface area contributed by atoms with Gasteiger partial charge in [-0.2, -0.15) is 0 Å². The van der Waals surface area contributed by atoms with Crippen LogP contribution in [0.15, 0.2) is 24.3 Å². The summed E-state index contributed by atoms with van der Waals surface area (Å²) in [4.78, 5) is 0. The summed E-state index contributed by atoms with van der Waals surface area (Å²) < 4.78 is 5.85. The molecule has 1 N–H and O–H groups in total. The van der Waals surface area contributed by atoms with Crippen LogP contribution in [0.2, 0.25) is 0 Å². The lowest BCUT2D eigenvalue weighted by atomic mass is 9.97. The van der Waals surface area contributed by atoms with Crippen molar-refractivity contribution in [3.63, 3.8) is 0 Å². The van der Waals surface area contributed by atoms with Crippen LogP contribution in [0.3, 0.4) is 0 Å². The molecule has 1 aliphatic heterocycles. The first-order valence-electron chi connectivity index (χ1n) is 7.73. The van der Waals surface area contributed by atoms with Crippen molar-refractivity contribution in [1.82, 2.24) is 5.32 Å². The highest BCUT2D eigenvalue weighted by molar-refractivity contribution is 5.29. The largest absolute Gasteiger partial charge is 0.494 e. The van der Waals surface area contributed by atoms with E-state index >= 15 is 0 Å². The lowest BCUT2D eigenvalue weighted by Gasteiger charge is -2.22. The van der Waals surface area contributed by atoms with Crippen LogP contribution in [0.25, 0.3) is 0 Å². The van der Waals surface area contributed by atoms with Crippen LogP contribution < -0.4 is 10.1 Å². The molecule has 1 fully saturated rings. The molecule has 0 aliphatic carbocycles. The van der Waals surface area contributed by atoms with Gasteiger partial charge in [0.15, 0.2) is 0 Å². The van der Waals surface area contributed by atoms with Gasteiger partial charge >= 0.3 is 0 Å². The van der Waals surface area contributed by atoms with E-state index in [9.17, 15) is 0 Å². The minimum Gasteiger partial charge on any atom is -0.494 e. The minimum atomic E-state index is 0.641. The Morgan fingerprint density at radius 1 is 1.32 bits per heavy atom. The maximum absolute atomic E-state index is 5.85. The van der Waals surface area contributed by atoms with Crippen LogP contribution in [-0.2, 0) is 0 Å². The Kier molecular flexibility index (Phi) is 5.71. The molecular weight excluding hydrogens is 234 g/mol. The van der Waals surface area contributed by atoms with E-state index < -0.39 is 0 Å². The number of piperidine rings is 1. The van der Waals surface area contributed by atoms with Crippen molar-refractivity contribution >= 4 is 0 Å². The van der Waals surface area contributed by atoms with Crippen molar-refractivity contribution in [3.05, 3.63) is 29.8 Å².